The van der Waals surface area contributed by atoms with Crippen LogP contribution < -0.4 is 10.2 Å². The summed E-state index contributed by atoms with van der Waals surface area (Å²) in [6.45, 7) is 2.76. The number of rotatable bonds is 2. The van der Waals surface area contributed by atoms with Crippen LogP contribution in [0.2, 0.25) is 5.02 Å². The van der Waals surface area contributed by atoms with Crippen molar-refractivity contribution in [1.82, 2.24) is 4.98 Å². The minimum Gasteiger partial charge on any atom is -0.382 e. The van der Waals surface area contributed by atoms with Gasteiger partial charge >= 0.3 is 0 Å². The van der Waals surface area contributed by atoms with E-state index in [1.54, 1.807) is 12.4 Å². The molecule has 3 rings (SSSR count). The van der Waals surface area contributed by atoms with E-state index in [0.717, 1.165) is 30.2 Å². The first kappa shape index (κ1) is 11.4. The molecule has 0 aliphatic carbocycles. The summed E-state index contributed by atoms with van der Waals surface area (Å²) in [4.78, 5) is 6.36. The first-order chi connectivity index (χ1) is 8.84. The quantitative estimate of drug-likeness (QED) is 0.898. The Labute approximate surface area is 111 Å². The van der Waals surface area contributed by atoms with Gasteiger partial charge in [-0.05, 0) is 23.8 Å². The van der Waals surface area contributed by atoms with Crippen LogP contribution in [0.1, 0.15) is 5.56 Å². The normalized spacial score (nSPS) is 13.9. The first-order valence-electron chi connectivity index (χ1n) is 6.01. The van der Waals surface area contributed by atoms with Crippen LogP contribution >= 0.6 is 11.6 Å². The molecule has 2 heterocycles. The highest BCUT2D eigenvalue weighted by atomic mass is 35.5. The molecule has 0 amide bonds. The van der Waals surface area contributed by atoms with Crippen molar-refractivity contribution < 1.29 is 0 Å². The van der Waals surface area contributed by atoms with E-state index < -0.39 is 0 Å². The zero-order chi connectivity index (χ0) is 12.4. The molecular weight excluding hydrogens is 246 g/mol. The third kappa shape index (κ3) is 2.14. The van der Waals surface area contributed by atoms with Gasteiger partial charge in [0.2, 0.25) is 0 Å². The number of nitrogens with one attached hydrogen (secondary N) is 1. The van der Waals surface area contributed by atoms with Gasteiger partial charge in [0.05, 0.1) is 16.4 Å². The van der Waals surface area contributed by atoms with E-state index in [2.05, 4.69) is 39.5 Å². The lowest BCUT2D eigenvalue weighted by molar-refractivity contribution is 0.786. The molecule has 18 heavy (non-hydrogen) atoms. The van der Waals surface area contributed by atoms with Crippen molar-refractivity contribution in [2.24, 2.45) is 0 Å². The number of nitrogens with zero attached hydrogens (tertiary/aromatic N) is 2. The molecule has 3 nitrogen and oxygen atoms in total. The summed E-state index contributed by atoms with van der Waals surface area (Å²) in [5.41, 5.74) is 3.54. The van der Waals surface area contributed by atoms with Gasteiger partial charge in [-0.1, -0.05) is 23.7 Å². The van der Waals surface area contributed by atoms with Crippen LogP contribution in [0.15, 0.2) is 42.7 Å². The fourth-order valence-electron chi connectivity index (χ4n) is 2.25. The summed E-state index contributed by atoms with van der Waals surface area (Å²) in [5.74, 6) is 0. The van der Waals surface area contributed by atoms with E-state index in [1.807, 2.05) is 6.07 Å². The van der Waals surface area contributed by atoms with Crippen molar-refractivity contribution in [1.29, 1.82) is 0 Å². The molecule has 0 unspecified atom stereocenters. The van der Waals surface area contributed by atoms with E-state index in [9.17, 15) is 0 Å². The summed E-state index contributed by atoms with van der Waals surface area (Å²) in [7, 11) is 0. The molecule has 0 atom stereocenters. The minimum atomic E-state index is 0.730. The molecular formula is C14H14ClN3. The lowest BCUT2D eigenvalue weighted by Crippen LogP contribution is -2.33. The van der Waals surface area contributed by atoms with Crippen LogP contribution in [-0.2, 0) is 6.54 Å². The van der Waals surface area contributed by atoms with Crippen LogP contribution in [0.5, 0.6) is 0 Å². The van der Waals surface area contributed by atoms with Crippen molar-refractivity contribution in [3.63, 3.8) is 0 Å². The van der Waals surface area contributed by atoms with E-state index in [1.165, 1.54) is 11.4 Å². The lowest BCUT2D eigenvalue weighted by atomic mass is 10.1. The molecule has 1 aromatic heterocycles. The number of hydrogen-bond acceptors (Lipinski definition) is 3. The Morgan fingerprint density at radius 3 is 3.06 bits per heavy atom. The van der Waals surface area contributed by atoms with Crippen molar-refractivity contribution in [2.75, 3.05) is 23.3 Å². The summed E-state index contributed by atoms with van der Waals surface area (Å²) in [6.07, 6.45) is 3.49. The highest BCUT2D eigenvalue weighted by Gasteiger charge is 2.16. The molecule has 0 saturated carbocycles. The smallest absolute Gasteiger partial charge is 0.0639 e. The lowest BCUT2D eigenvalue weighted by Gasteiger charge is -2.32. The van der Waals surface area contributed by atoms with Crippen molar-refractivity contribution in [3.05, 3.63) is 53.3 Å². The molecule has 4 heteroatoms. The molecule has 0 fully saturated rings. The average molecular weight is 260 g/mol. The predicted octanol–water partition coefficient (Wildman–Crippen LogP) is 3.17. The third-order valence-corrected chi connectivity index (χ3v) is 3.50. The monoisotopic (exact) mass is 259 g/mol. The zero-order valence-corrected chi connectivity index (χ0v) is 10.7. The number of para-hydroxylation sites is 2. The number of fused-ring (bicyclic) bond motifs is 1. The standard InChI is InChI=1S/C14H14ClN3/c15-12-9-16-6-5-11(12)10-18-8-7-17-13-3-1-2-4-14(13)18/h1-6,9,17H,7-8,10H2. The van der Waals surface area contributed by atoms with Crippen LogP contribution in [0.25, 0.3) is 0 Å². The fraction of sp³-hybridized carbons (Fsp3) is 0.214. The Bertz CT molecular complexity index is 556. The van der Waals surface area contributed by atoms with Gasteiger partial charge in [-0.3, -0.25) is 4.98 Å². The van der Waals surface area contributed by atoms with Crippen LogP contribution in [0, 0.1) is 0 Å². The molecule has 92 valence electrons. The summed E-state index contributed by atoms with van der Waals surface area (Å²) in [6, 6.07) is 10.3. The average Bonchev–Trinajstić information content (AvgIpc) is 2.42. The summed E-state index contributed by atoms with van der Waals surface area (Å²) >= 11 is 6.17. The second-order valence-corrected chi connectivity index (χ2v) is 4.74. The Hall–Kier alpha value is -1.74. The fourth-order valence-corrected chi connectivity index (χ4v) is 2.43. The molecule has 0 spiro atoms. The highest BCUT2D eigenvalue weighted by molar-refractivity contribution is 6.31. The molecule has 0 radical (unpaired) electrons. The SMILES string of the molecule is Clc1cnccc1CN1CCNc2ccccc21. The van der Waals surface area contributed by atoms with E-state index in [-0.39, 0.29) is 0 Å². The minimum absolute atomic E-state index is 0.730. The highest BCUT2D eigenvalue weighted by Crippen LogP contribution is 2.30. The maximum atomic E-state index is 6.17. The Morgan fingerprint density at radius 1 is 1.28 bits per heavy atom. The number of hydrogen-bond donors (Lipinski definition) is 1. The topological polar surface area (TPSA) is 28.2 Å². The summed E-state index contributed by atoms with van der Waals surface area (Å²) < 4.78 is 0. The second-order valence-electron chi connectivity index (χ2n) is 4.33. The van der Waals surface area contributed by atoms with E-state index in [0.29, 0.717) is 0 Å². The van der Waals surface area contributed by atoms with Gasteiger partial charge in [-0.25, -0.2) is 0 Å². The molecule has 1 N–H and O–H groups in total. The number of pyridine rings is 1. The van der Waals surface area contributed by atoms with Gasteiger partial charge in [-0.2, -0.15) is 0 Å². The molecule has 1 aliphatic heterocycles. The Kier molecular flexibility index (Phi) is 3.07. The molecule has 0 saturated heterocycles. The summed E-state index contributed by atoms with van der Waals surface area (Å²) in [5, 5.41) is 4.14. The number of benzene rings is 1. The first-order valence-corrected chi connectivity index (χ1v) is 6.38. The van der Waals surface area contributed by atoms with Gasteiger partial charge in [-0.15, -0.1) is 0 Å². The maximum Gasteiger partial charge on any atom is 0.0639 e. The van der Waals surface area contributed by atoms with Gasteiger partial charge in [0.1, 0.15) is 0 Å². The van der Waals surface area contributed by atoms with Crippen LogP contribution in [0.3, 0.4) is 0 Å². The van der Waals surface area contributed by atoms with Crippen LogP contribution in [-0.4, -0.2) is 18.1 Å². The van der Waals surface area contributed by atoms with Crippen molar-refractivity contribution >= 4 is 23.0 Å². The van der Waals surface area contributed by atoms with Gasteiger partial charge < -0.3 is 10.2 Å². The van der Waals surface area contributed by atoms with Crippen molar-refractivity contribution in [2.45, 2.75) is 6.54 Å². The second kappa shape index (κ2) is 4.86. The number of aromatic nitrogens is 1. The molecule has 1 aromatic carbocycles. The van der Waals surface area contributed by atoms with Gasteiger partial charge in [0.25, 0.3) is 0 Å². The number of anilines is 2. The molecule has 1 aliphatic rings. The maximum absolute atomic E-state index is 6.17. The number of halogens is 1. The van der Waals surface area contributed by atoms with Crippen LogP contribution in [0.4, 0.5) is 11.4 Å². The Balaban J connectivity index is 1.89. The third-order valence-electron chi connectivity index (χ3n) is 3.16. The van der Waals surface area contributed by atoms with Gasteiger partial charge in [0, 0.05) is 32.0 Å². The van der Waals surface area contributed by atoms with E-state index >= 15 is 0 Å². The Morgan fingerprint density at radius 2 is 2.17 bits per heavy atom. The van der Waals surface area contributed by atoms with Gasteiger partial charge in [0.15, 0.2) is 0 Å². The molecule has 2 aromatic rings. The largest absolute Gasteiger partial charge is 0.382 e. The van der Waals surface area contributed by atoms with E-state index in [4.69, 9.17) is 11.6 Å². The predicted molar refractivity (Wildman–Crippen MR) is 75.2 cm³/mol. The van der Waals surface area contributed by atoms with Crippen molar-refractivity contribution in [3.8, 4) is 0 Å². The zero-order valence-electron chi connectivity index (χ0n) is 9.94. The molecule has 0 bridgehead atoms.